The molecule has 164 valence electrons. The lowest BCUT2D eigenvalue weighted by Gasteiger charge is -2.15. The number of carbonyl (C=O) groups is 1. The number of thiophene rings is 1. The van der Waals surface area contributed by atoms with Crippen LogP contribution in [0.4, 0.5) is 17.6 Å². The molecule has 0 unspecified atom stereocenters. The van der Waals surface area contributed by atoms with Gasteiger partial charge in [0.25, 0.3) is 0 Å². The standard InChI is InChI=1S/C21H16F4O4S2/c1-2-12-3-4-13(20(26)27)10-18(12)31(28,29)11-14-9-15(21(23,24)25)5-6-16(14)17-7-8-19(22)30-17/h3-10H,2,11H2,1H3,(H,26,27). The molecule has 0 saturated heterocycles. The van der Waals surface area contributed by atoms with Crippen molar-refractivity contribution in [3.8, 4) is 10.4 Å². The first-order valence-electron chi connectivity index (χ1n) is 8.97. The minimum Gasteiger partial charge on any atom is -0.478 e. The third kappa shape index (κ3) is 4.96. The van der Waals surface area contributed by atoms with Crippen molar-refractivity contribution >= 4 is 27.1 Å². The highest BCUT2D eigenvalue weighted by atomic mass is 32.2. The Morgan fingerprint density at radius 3 is 2.29 bits per heavy atom. The fourth-order valence-corrected chi connectivity index (χ4v) is 5.65. The van der Waals surface area contributed by atoms with Gasteiger partial charge in [-0.1, -0.05) is 19.1 Å². The van der Waals surface area contributed by atoms with Crippen molar-refractivity contribution in [2.45, 2.75) is 30.2 Å². The molecule has 3 rings (SSSR count). The zero-order valence-corrected chi connectivity index (χ0v) is 17.7. The molecule has 1 N–H and O–H groups in total. The second kappa shape index (κ2) is 8.43. The van der Waals surface area contributed by atoms with Gasteiger partial charge in [-0.15, -0.1) is 11.3 Å². The van der Waals surface area contributed by atoms with Crippen LogP contribution in [-0.2, 0) is 28.2 Å². The van der Waals surface area contributed by atoms with Crippen LogP contribution in [0.25, 0.3) is 10.4 Å². The molecule has 4 nitrogen and oxygen atoms in total. The summed E-state index contributed by atoms with van der Waals surface area (Å²) >= 11 is 0.684. The quantitative estimate of drug-likeness (QED) is 0.460. The molecule has 1 aromatic heterocycles. The van der Waals surface area contributed by atoms with Crippen molar-refractivity contribution in [1.29, 1.82) is 0 Å². The zero-order chi connectivity index (χ0) is 23.0. The number of aryl methyl sites for hydroxylation is 1. The van der Waals surface area contributed by atoms with E-state index in [4.69, 9.17) is 0 Å². The van der Waals surface area contributed by atoms with Crippen LogP contribution in [0.15, 0.2) is 53.4 Å². The molecule has 10 heteroatoms. The summed E-state index contributed by atoms with van der Waals surface area (Å²) in [4.78, 5) is 11.3. The number of halogens is 4. The van der Waals surface area contributed by atoms with Crippen molar-refractivity contribution in [3.63, 3.8) is 0 Å². The van der Waals surface area contributed by atoms with Gasteiger partial charge in [-0.05, 0) is 59.5 Å². The Morgan fingerprint density at radius 2 is 1.74 bits per heavy atom. The van der Waals surface area contributed by atoms with E-state index in [-0.39, 0.29) is 32.9 Å². The molecule has 0 radical (unpaired) electrons. The SMILES string of the molecule is CCc1ccc(C(=O)O)cc1S(=O)(=O)Cc1cc(C(F)(F)F)ccc1-c1ccc(F)s1. The van der Waals surface area contributed by atoms with Gasteiger partial charge in [0.2, 0.25) is 0 Å². The van der Waals surface area contributed by atoms with Gasteiger partial charge in [0.1, 0.15) is 0 Å². The lowest BCUT2D eigenvalue weighted by atomic mass is 10.0. The molecular formula is C21H16F4O4S2. The second-order valence-electron chi connectivity index (χ2n) is 6.71. The van der Waals surface area contributed by atoms with Crippen LogP contribution in [-0.4, -0.2) is 19.5 Å². The van der Waals surface area contributed by atoms with Crippen molar-refractivity contribution < 1.29 is 35.9 Å². The van der Waals surface area contributed by atoms with Crippen LogP contribution in [0.5, 0.6) is 0 Å². The van der Waals surface area contributed by atoms with E-state index >= 15 is 0 Å². The van der Waals surface area contributed by atoms with Crippen LogP contribution < -0.4 is 0 Å². The number of carboxylic acids is 1. The highest BCUT2D eigenvalue weighted by Gasteiger charge is 2.32. The van der Waals surface area contributed by atoms with E-state index in [1.807, 2.05) is 0 Å². The van der Waals surface area contributed by atoms with Gasteiger partial charge in [-0.3, -0.25) is 0 Å². The molecule has 0 aliphatic carbocycles. The summed E-state index contributed by atoms with van der Waals surface area (Å²) in [6.07, 6.45) is -4.42. The summed E-state index contributed by atoms with van der Waals surface area (Å²) in [5.41, 5.74) is -0.924. The first-order valence-corrected chi connectivity index (χ1v) is 11.4. The van der Waals surface area contributed by atoms with Gasteiger partial charge in [0.05, 0.1) is 21.8 Å². The molecule has 31 heavy (non-hydrogen) atoms. The lowest BCUT2D eigenvalue weighted by Crippen LogP contribution is -2.12. The summed E-state index contributed by atoms with van der Waals surface area (Å²) < 4.78 is 79.6. The monoisotopic (exact) mass is 472 g/mol. The molecule has 0 bridgehead atoms. The lowest BCUT2D eigenvalue weighted by molar-refractivity contribution is -0.137. The third-order valence-corrected chi connectivity index (χ3v) is 7.30. The van der Waals surface area contributed by atoms with E-state index in [0.29, 0.717) is 16.9 Å². The molecule has 0 atom stereocenters. The molecule has 1 heterocycles. The van der Waals surface area contributed by atoms with Crippen molar-refractivity contribution in [2.75, 3.05) is 0 Å². The molecule has 0 saturated carbocycles. The normalized spacial score (nSPS) is 12.2. The van der Waals surface area contributed by atoms with E-state index < -0.39 is 38.4 Å². The summed E-state index contributed by atoms with van der Waals surface area (Å²) in [6, 6.07) is 8.82. The Bertz CT molecular complexity index is 1240. The van der Waals surface area contributed by atoms with Gasteiger partial charge in [-0.2, -0.15) is 17.6 Å². The number of sulfone groups is 1. The van der Waals surface area contributed by atoms with Crippen LogP contribution in [0.1, 0.15) is 34.0 Å². The Balaban J connectivity index is 2.16. The second-order valence-corrected chi connectivity index (χ2v) is 9.71. The fraction of sp³-hybridized carbons (Fsp3) is 0.190. The Kier molecular flexibility index (Phi) is 6.24. The number of aromatic carboxylic acids is 1. The summed E-state index contributed by atoms with van der Waals surface area (Å²) in [5, 5.41) is 8.63. The summed E-state index contributed by atoms with van der Waals surface area (Å²) in [6.45, 7) is 1.68. The number of alkyl halides is 3. The molecule has 3 aromatic rings. The van der Waals surface area contributed by atoms with E-state index in [2.05, 4.69) is 0 Å². The topological polar surface area (TPSA) is 71.4 Å². The predicted octanol–water partition coefficient (Wildman–Crippen LogP) is 5.81. The summed E-state index contributed by atoms with van der Waals surface area (Å²) in [5.74, 6) is -2.13. The number of benzene rings is 2. The van der Waals surface area contributed by atoms with E-state index in [1.54, 1.807) is 6.92 Å². The first kappa shape index (κ1) is 23.0. The highest BCUT2D eigenvalue weighted by molar-refractivity contribution is 7.90. The number of hydrogen-bond acceptors (Lipinski definition) is 4. The van der Waals surface area contributed by atoms with Gasteiger partial charge < -0.3 is 5.11 Å². The van der Waals surface area contributed by atoms with E-state index in [0.717, 1.165) is 30.3 Å². The average molecular weight is 472 g/mol. The van der Waals surface area contributed by atoms with Crippen LogP contribution in [0.3, 0.4) is 0 Å². The minimum absolute atomic E-state index is 0.153. The number of carboxylic acid groups (broad SMARTS) is 1. The molecular weight excluding hydrogens is 456 g/mol. The number of rotatable bonds is 6. The number of hydrogen-bond donors (Lipinski definition) is 1. The maximum Gasteiger partial charge on any atom is 0.416 e. The minimum atomic E-state index is -4.70. The van der Waals surface area contributed by atoms with Crippen molar-refractivity contribution in [3.05, 3.63) is 75.9 Å². The van der Waals surface area contributed by atoms with E-state index in [1.165, 1.54) is 18.2 Å². The molecule has 0 spiro atoms. The van der Waals surface area contributed by atoms with Gasteiger partial charge in [-0.25, -0.2) is 13.2 Å². The third-order valence-electron chi connectivity index (χ3n) is 4.65. The fourth-order valence-electron chi connectivity index (χ4n) is 3.14. The Hall–Kier alpha value is -2.72. The van der Waals surface area contributed by atoms with Gasteiger partial charge >= 0.3 is 12.1 Å². The van der Waals surface area contributed by atoms with E-state index in [9.17, 15) is 35.9 Å². The van der Waals surface area contributed by atoms with Crippen LogP contribution >= 0.6 is 11.3 Å². The summed E-state index contributed by atoms with van der Waals surface area (Å²) in [7, 11) is -4.22. The van der Waals surface area contributed by atoms with Gasteiger partial charge in [0.15, 0.2) is 15.0 Å². The maximum atomic E-state index is 13.5. The molecule has 2 aromatic carbocycles. The van der Waals surface area contributed by atoms with Crippen LogP contribution in [0, 0.1) is 5.13 Å². The average Bonchev–Trinajstić information content (AvgIpc) is 3.12. The van der Waals surface area contributed by atoms with Crippen molar-refractivity contribution in [1.82, 2.24) is 0 Å². The smallest absolute Gasteiger partial charge is 0.416 e. The molecule has 0 aliphatic heterocycles. The Morgan fingerprint density at radius 1 is 1.03 bits per heavy atom. The predicted molar refractivity (Wildman–Crippen MR) is 108 cm³/mol. The highest BCUT2D eigenvalue weighted by Crippen LogP contribution is 2.37. The first-order chi connectivity index (χ1) is 14.4. The molecule has 0 fully saturated rings. The molecule has 0 aliphatic rings. The largest absolute Gasteiger partial charge is 0.478 e. The zero-order valence-electron chi connectivity index (χ0n) is 16.0. The van der Waals surface area contributed by atoms with Crippen molar-refractivity contribution in [2.24, 2.45) is 0 Å². The Labute approximate surface area is 179 Å². The van der Waals surface area contributed by atoms with Gasteiger partial charge in [0, 0.05) is 4.88 Å². The molecule has 0 amide bonds. The maximum absolute atomic E-state index is 13.5. The van der Waals surface area contributed by atoms with Crippen LogP contribution in [0.2, 0.25) is 0 Å².